The summed E-state index contributed by atoms with van der Waals surface area (Å²) in [5.41, 5.74) is -0.897. The van der Waals surface area contributed by atoms with Gasteiger partial charge in [0.2, 0.25) is 0 Å². The molecule has 1 atom stereocenters. The van der Waals surface area contributed by atoms with Crippen molar-refractivity contribution in [2.24, 2.45) is 5.41 Å². The molecule has 1 unspecified atom stereocenters. The van der Waals surface area contributed by atoms with Crippen LogP contribution in [0.5, 0.6) is 0 Å². The van der Waals surface area contributed by atoms with Gasteiger partial charge in [-0.1, -0.05) is 6.42 Å². The average molecular weight is 255 g/mol. The molecule has 0 radical (unpaired) electrons. The zero-order valence-electron chi connectivity index (χ0n) is 12.6. The van der Waals surface area contributed by atoms with Gasteiger partial charge < -0.3 is 15.3 Å². The van der Waals surface area contributed by atoms with Gasteiger partial charge in [0.15, 0.2) is 0 Å². The molecule has 106 valence electrons. The Bertz CT molecular complexity index is 267. The SMILES string of the molecule is CN(C)CC(C)(O)CNCCCCC(C)(C)C#N. The number of likely N-dealkylation sites (N-methyl/N-ethyl adjacent to an activating group) is 1. The highest BCUT2D eigenvalue weighted by molar-refractivity contribution is 4.91. The predicted molar refractivity (Wildman–Crippen MR) is 75.3 cm³/mol. The second-order valence-corrected chi connectivity index (χ2v) is 6.36. The number of nitrogens with zero attached hydrogens (tertiary/aromatic N) is 2. The summed E-state index contributed by atoms with van der Waals surface area (Å²) in [5, 5.41) is 22.2. The van der Waals surface area contributed by atoms with Crippen molar-refractivity contribution in [3.8, 4) is 6.07 Å². The molecule has 18 heavy (non-hydrogen) atoms. The quantitative estimate of drug-likeness (QED) is 0.615. The van der Waals surface area contributed by atoms with E-state index >= 15 is 0 Å². The Morgan fingerprint density at radius 2 is 1.83 bits per heavy atom. The number of unbranched alkanes of at least 4 members (excludes halogenated alkanes) is 1. The summed E-state index contributed by atoms with van der Waals surface area (Å²) < 4.78 is 0. The van der Waals surface area contributed by atoms with Gasteiger partial charge in [-0.15, -0.1) is 0 Å². The summed E-state index contributed by atoms with van der Waals surface area (Å²) in [6.07, 6.45) is 3.02. The molecular formula is C14H29N3O. The molecule has 0 heterocycles. The molecular weight excluding hydrogens is 226 g/mol. The number of nitrogens with one attached hydrogen (secondary N) is 1. The molecule has 0 fully saturated rings. The molecule has 0 bridgehead atoms. The Morgan fingerprint density at radius 1 is 1.22 bits per heavy atom. The van der Waals surface area contributed by atoms with Crippen molar-refractivity contribution in [1.29, 1.82) is 5.26 Å². The standard InChI is InChI=1S/C14H29N3O/c1-13(2,10-15)8-6-7-9-16-11-14(3,18)12-17(4)5/h16,18H,6-9,11-12H2,1-5H3. The van der Waals surface area contributed by atoms with E-state index in [0.717, 1.165) is 25.8 Å². The van der Waals surface area contributed by atoms with Gasteiger partial charge in [-0.05, 0) is 54.3 Å². The van der Waals surface area contributed by atoms with Gasteiger partial charge in [-0.25, -0.2) is 0 Å². The second kappa shape index (κ2) is 7.73. The van der Waals surface area contributed by atoms with Crippen molar-refractivity contribution in [3.05, 3.63) is 0 Å². The number of hydrogen-bond acceptors (Lipinski definition) is 4. The van der Waals surface area contributed by atoms with E-state index in [1.54, 1.807) is 0 Å². The summed E-state index contributed by atoms with van der Waals surface area (Å²) in [5.74, 6) is 0. The Kier molecular flexibility index (Phi) is 7.46. The molecule has 0 spiro atoms. The molecule has 0 rings (SSSR count). The lowest BCUT2D eigenvalue weighted by Gasteiger charge is -2.27. The van der Waals surface area contributed by atoms with Crippen LogP contribution in [0, 0.1) is 16.7 Å². The van der Waals surface area contributed by atoms with Gasteiger partial charge in [0.05, 0.1) is 17.1 Å². The van der Waals surface area contributed by atoms with Crippen LogP contribution in [0.2, 0.25) is 0 Å². The lowest BCUT2D eigenvalue weighted by molar-refractivity contribution is 0.0339. The van der Waals surface area contributed by atoms with E-state index in [-0.39, 0.29) is 5.41 Å². The highest BCUT2D eigenvalue weighted by atomic mass is 16.3. The maximum atomic E-state index is 10.1. The van der Waals surface area contributed by atoms with Crippen molar-refractivity contribution in [2.45, 2.75) is 45.6 Å². The van der Waals surface area contributed by atoms with Crippen LogP contribution in [0.4, 0.5) is 0 Å². The molecule has 0 aromatic heterocycles. The van der Waals surface area contributed by atoms with Gasteiger partial charge >= 0.3 is 0 Å². The largest absolute Gasteiger partial charge is 0.388 e. The fourth-order valence-electron chi connectivity index (χ4n) is 1.97. The maximum absolute atomic E-state index is 10.1. The van der Waals surface area contributed by atoms with Crippen molar-refractivity contribution in [3.63, 3.8) is 0 Å². The molecule has 2 N–H and O–H groups in total. The summed E-state index contributed by atoms with van der Waals surface area (Å²) in [7, 11) is 3.91. The minimum Gasteiger partial charge on any atom is -0.388 e. The van der Waals surface area contributed by atoms with Crippen LogP contribution in [0.1, 0.15) is 40.0 Å². The van der Waals surface area contributed by atoms with Gasteiger partial charge in [0, 0.05) is 13.1 Å². The van der Waals surface area contributed by atoms with Gasteiger partial charge in [-0.2, -0.15) is 5.26 Å². The highest BCUT2D eigenvalue weighted by Crippen LogP contribution is 2.21. The first-order valence-corrected chi connectivity index (χ1v) is 6.68. The van der Waals surface area contributed by atoms with E-state index in [1.165, 1.54) is 0 Å². The Labute approximate surface area is 112 Å². The molecule has 0 aliphatic rings. The third kappa shape index (κ3) is 9.41. The van der Waals surface area contributed by atoms with E-state index in [9.17, 15) is 5.11 Å². The Morgan fingerprint density at radius 3 is 2.33 bits per heavy atom. The molecule has 0 amide bonds. The predicted octanol–water partition coefficient (Wildman–Crippen LogP) is 1.61. The normalized spacial score (nSPS) is 15.4. The average Bonchev–Trinajstić information content (AvgIpc) is 2.21. The van der Waals surface area contributed by atoms with Crippen LogP contribution in [0.15, 0.2) is 0 Å². The Hall–Kier alpha value is -0.630. The molecule has 0 aromatic rings. The van der Waals surface area contributed by atoms with Gasteiger partial charge in [0.25, 0.3) is 0 Å². The molecule has 0 aliphatic carbocycles. The minimum atomic E-state index is -0.685. The minimum absolute atomic E-state index is 0.212. The molecule has 0 aromatic carbocycles. The molecule has 4 heteroatoms. The van der Waals surface area contributed by atoms with Crippen molar-refractivity contribution in [1.82, 2.24) is 10.2 Å². The fourth-order valence-corrected chi connectivity index (χ4v) is 1.97. The van der Waals surface area contributed by atoms with Crippen LogP contribution < -0.4 is 5.32 Å². The number of aliphatic hydroxyl groups is 1. The Balaban J connectivity index is 3.60. The number of hydrogen-bond donors (Lipinski definition) is 2. The highest BCUT2D eigenvalue weighted by Gasteiger charge is 2.20. The third-order valence-corrected chi connectivity index (χ3v) is 2.87. The zero-order chi connectivity index (χ0) is 14.2. The van der Waals surface area contributed by atoms with E-state index in [2.05, 4.69) is 11.4 Å². The summed E-state index contributed by atoms with van der Waals surface area (Å²) in [6, 6.07) is 2.31. The van der Waals surface area contributed by atoms with Crippen LogP contribution in [0.3, 0.4) is 0 Å². The van der Waals surface area contributed by atoms with E-state index in [1.807, 2.05) is 39.8 Å². The first-order chi connectivity index (χ1) is 8.18. The van der Waals surface area contributed by atoms with Crippen molar-refractivity contribution >= 4 is 0 Å². The maximum Gasteiger partial charge on any atom is 0.0869 e. The smallest absolute Gasteiger partial charge is 0.0869 e. The zero-order valence-corrected chi connectivity index (χ0v) is 12.6. The number of nitriles is 1. The van der Waals surface area contributed by atoms with Gasteiger partial charge in [-0.3, -0.25) is 0 Å². The van der Waals surface area contributed by atoms with Crippen LogP contribution in [0.25, 0.3) is 0 Å². The molecule has 0 saturated heterocycles. The first-order valence-electron chi connectivity index (χ1n) is 6.68. The van der Waals surface area contributed by atoms with E-state index in [4.69, 9.17) is 5.26 Å². The number of rotatable bonds is 9. The van der Waals surface area contributed by atoms with Gasteiger partial charge in [0.1, 0.15) is 0 Å². The molecule has 0 saturated carbocycles. The first kappa shape index (κ1) is 17.4. The second-order valence-electron chi connectivity index (χ2n) is 6.36. The topological polar surface area (TPSA) is 59.3 Å². The fraction of sp³-hybridized carbons (Fsp3) is 0.929. The summed E-state index contributed by atoms with van der Waals surface area (Å²) in [6.45, 7) is 7.95. The van der Waals surface area contributed by atoms with Crippen molar-refractivity contribution in [2.75, 3.05) is 33.7 Å². The summed E-state index contributed by atoms with van der Waals surface area (Å²) in [4.78, 5) is 1.98. The van der Waals surface area contributed by atoms with E-state index in [0.29, 0.717) is 13.1 Å². The van der Waals surface area contributed by atoms with Crippen molar-refractivity contribution < 1.29 is 5.11 Å². The van der Waals surface area contributed by atoms with Crippen LogP contribution >= 0.6 is 0 Å². The third-order valence-electron chi connectivity index (χ3n) is 2.87. The van der Waals surface area contributed by atoms with Crippen LogP contribution in [-0.2, 0) is 0 Å². The molecule has 4 nitrogen and oxygen atoms in total. The van der Waals surface area contributed by atoms with Crippen LogP contribution in [-0.4, -0.2) is 49.3 Å². The summed E-state index contributed by atoms with van der Waals surface area (Å²) >= 11 is 0. The monoisotopic (exact) mass is 255 g/mol. The van der Waals surface area contributed by atoms with E-state index < -0.39 is 5.60 Å². The lowest BCUT2D eigenvalue weighted by atomic mass is 9.89. The lowest BCUT2D eigenvalue weighted by Crippen LogP contribution is -2.45. The molecule has 0 aliphatic heterocycles.